The van der Waals surface area contributed by atoms with E-state index in [4.69, 9.17) is 5.73 Å². The van der Waals surface area contributed by atoms with Crippen LogP contribution in [0.2, 0.25) is 0 Å². The van der Waals surface area contributed by atoms with E-state index in [-0.39, 0.29) is 6.04 Å². The van der Waals surface area contributed by atoms with E-state index in [0.29, 0.717) is 0 Å². The van der Waals surface area contributed by atoms with Crippen molar-refractivity contribution in [2.45, 2.75) is 23.6 Å². The summed E-state index contributed by atoms with van der Waals surface area (Å²) in [5.41, 5.74) is 8.40. The van der Waals surface area contributed by atoms with Gasteiger partial charge in [0.25, 0.3) is 0 Å². The molecule has 0 saturated carbocycles. The van der Waals surface area contributed by atoms with Gasteiger partial charge < -0.3 is 5.73 Å². The summed E-state index contributed by atoms with van der Waals surface area (Å²) in [7, 11) is 0. The van der Waals surface area contributed by atoms with Gasteiger partial charge in [-0.2, -0.15) is 11.3 Å². The Bertz CT molecular complexity index is 418. The Morgan fingerprint density at radius 2 is 2.00 bits per heavy atom. The quantitative estimate of drug-likeness (QED) is 0.827. The molecule has 1 unspecified atom stereocenters. The topological polar surface area (TPSA) is 26.0 Å². The average molecular weight is 249 g/mol. The highest BCUT2D eigenvalue weighted by Gasteiger charge is 2.00. The predicted octanol–water partition coefficient (Wildman–Crippen LogP) is 4.06. The molecule has 0 aliphatic rings. The third kappa shape index (κ3) is 3.11. The van der Waals surface area contributed by atoms with Crippen LogP contribution in [0.15, 0.2) is 46.0 Å². The fourth-order valence-electron chi connectivity index (χ4n) is 1.41. The average Bonchev–Trinajstić information content (AvgIpc) is 2.80. The van der Waals surface area contributed by atoms with Crippen molar-refractivity contribution < 1.29 is 0 Å². The monoisotopic (exact) mass is 249 g/mol. The second-order valence-corrected chi connectivity index (χ2v) is 5.61. The van der Waals surface area contributed by atoms with Gasteiger partial charge in [0.05, 0.1) is 0 Å². The zero-order valence-electron chi connectivity index (χ0n) is 9.22. The van der Waals surface area contributed by atoms with Crippen LogP contribution in [-0.4, -0.2) is 0 Å². The van der Waals surface area contributed by atoms with Gasteiger partial charge >= 0.3 is 0 Å². The van der Waals surface area contributed by atoms with E-state index in [2.05, 4.69) is 41.1 Å². The molecule has 0 radical (unpaired) electrons. The molecule has 2 rings (SSSR count). The summed E-state index contributed by atoms with van der Waals surface area (Å²) in [6, 6.07) is 10.8. The van der Waals surface area contributed by atoms with E-state index < -0.39 is 0 Å². The minimum absolute atomic E-state index is 0.121. The molecular weight excluding hydrogens is 234 g/mol. The second-order valence-electron chi connectivity index (χ2n) is 3.78. The molecule has 0 aliphatic heterocycles. The predicted molar refractivity (Wildman–Crippen MR) is 72.9 cm³/mol. The zero-order chi connectivity index (χ0) is 11.4. The lowest BCUT2D eigenvalue weighted by atomic mass is 10.1. The minimum atomic E-state index is 0.121. The maximum absolute atomic E-state index is 5.81. The Kier molecular flexibility index (Phi) is 4.04. The van der Waals surface area contributed by atoms with Crippen LogP contribution < -0.4 is 5.73 Å². The van der Waals surface area contributed by atoms with Gasteiger partial charge in [-0.05, 0) is 47.0 Å². The summed E-state index contributed by atoms with van der Waals surface area (Å²) in [5.74, 6) is 1.04. The summed E-state index contributed by atoms with van der Waals surface area (Å²) in [4.78, 5) is 1.30. The van der Waals surface area contributed by atoms with Crippen molar-refractivity contribution in [2.24, 2.45) is 5.73 Å². The van der Waals surface area contributed by atoms with E-state index in [9.17, 15) is 0 Å². The first-order valence-electron chi connectivity index (χ1n) is 5.25. The van der Waals surface area contributed by atoms with Crippen LogP contribution >= 0.6 is 23.1 Å². The molecule has 0 fully saturated rings. The summed E-state index contributed by atoms with van der Waals surface area (Å²) in [5, 5.41) is 4.32. The fourth-order valence-corrected chi connectivity index (χ4v) is 3.02. The highest BCUT2D eigenvalue weighted by molar-refractivity contribution is 7.98. The maximum Gasteiger partial charge on any atom is 0.0266 e. The van der Waals surface area contributed by atoms with Crippen LogP contribution in [0.5, 0.6) is 0 Å². The van der Waals surface area contributed by atoms with Gasteiger partial charge in [0, 0.05) is 16.7 Å². The molecule has 1 heterocycles. The summed E-state index contributed by atoms with van der Waals surface area (Å²) < 4.78 is 0. The molecule has 2 N–H and O–H groups in total. The first kappa shape index (κ1) is 11.7. The van der Waals surface area contributed by atoms with Crippen LogP contribution in [0, 0.1) is 0 Å². The molecular formula is C13H15NS2. The first-order chi connectivity index (χ1) is 7.75. The van der Waals surface area contributed by atoms with Crippen molar-refractivity contribution in [3.8, 4) is 0 Å². The number of nitrogens with two attached hydrogens (primary N) is 1. The summed E-state index contributed by atoms with van der Waals surface area (Å²) in [6.07, 6.45) is 0. The van der Waals surface area contributed by atoms with Crippen LogP contribution in [0.1, 0.15) is 24.1 Å². The summed E-state index contributed by atoms with van der Waals surface area (Å²) >= 11 is 3.62. The molecule has 1 aromatic carbocycles. The van der Waals surface area contributed by atoms with Crippen LogP contribution in [0.25, 0.3) is 0 Å². The van der Waals surface area contributed by atoms with Gasteiger partial charge in [-0.3, -0.25) is 0 Å². The van der Waals surface area contributed by atoms with Gasteiger partial charge in [0.2, 0.25) is 0 Å². The first-order valence-corrected chi connectivity index (χ1v) is 7.18. The van der Waals surface area contributed by atoms with E-state index in [1.165, 1.54) is 16.0 Å². The summed E-state index contributed by atoms with van der Waals surface area (Å²) in [6.45, 7) is 2.01. The molecule has 0 aliphatic carbocycles. The molecule has 0 amide bonds. The molecule has 0 spiro atoms. The van der Waals surface area contributed by atoms with E-state index in [1.807, 2.05) is 18.7 Å². The van der Waals surface area contributed by atoms with E-state index >= 15 is 0 Å². The maximum atomic E-state index is 5.81. The molecule has 0 bridgehead atoms. The van der Waals surface area contributed by atoms with Crippen molar-refractivity contribution in [1.82, 2.24) is 0 Å². The van der Waals surface area contributed by atoms with Crippen LogP contribution in [-0.2, 0) is 5.75 Å². The Morgan fingerprint density at radius 1 is 1.25 bits per heavy atom. The van der Waals surface area contributed by atoms with Crippen molar-refractivity contribution >= 4 is 23.1 Å². The molecule has 2 aromatic rings. The molecule has 1 nitrogen and oxygen atoms in total. The van der Waals surface area contributed by atoms with E-state index in [0.717, 1.165) is 5.75 Å². The Labute approximate surface area is 105 Å². The van der Waals surface area contributed by atoms with Gasteiger partial charge in [-0.15, -0.1) is 11.8 Å². The number of hydrogen-bond acceptors (Lipinski definition) is 3. The van der Waals surface area contributed by atoms with Gasteiger partial charge in [0.1, 0.15) is 0 Å². The van der Waals surface area contributed by atoms with Gasteiger partial charge in [-0.25, -0.2) is 0 Å². The van der Waals surface area contributed by atoms with Crippen molar-refractivity contribution in [3.05, 3.63) is 52.2 Å². The van der Waals surface area contributed by atoms with Crippen molar-refractivity contribution in [2.75, 3.05) is 0 Å². The highest BCUT2D eigenvalue weighted by atomic mass is 32.2. The van der Waals surface area contributed by atoms with Crippen LogP contribution in [0.4, 0.5) is 0 Å². The SMILES string of the molecule is CC(N)c1ccc(SCc2ccsc2)cc1. The fraction of sp³-hybridized carbons (Fsp3) is 0.231. The molecule has 84 valence electrons. The van der Waals surface area contributed by atoms with Gasteiger partial charge in [-0.1, -0.05) is 12.1 Å². The molecule has 1 atom stereocenters. The van der Waals surface area contributed by atoms with Crippen molar-refractivity contribution in [3.63, 3.8) is 0 Å². The zero-order valence-corrected chi connectivity index (χ0v) is 10.9. The Morgan fingerprint density at radius 3 is 2.56 bits per heavy atom. The minimum Gasteiger partial charge on any atom is -0.324 e. The normalized spacial score (nSPS) is 12.6. The lowest BCUT2D eigenvalue weighted by molar-refractivity contribution is 0.817. The third-order valence-electron chi connectivity index (χ3n) is 2.39. The number of thiophene rings is 1. The number of hydrogen-bond donors (Lipinski definition) is 1. The largest absolute Gasteiger partial charge is 0.324 e. The highest BCUT2D eigenvalue weighted by Crippen LogP contribution is 2.24. The molecule has 0 saturated heterocycles. The smallest absolute Gasteiger partial charge is 0.0266 e. The second kappa shape index (κ2) is 5.53. The molecule has 3 heteroatoms. The Hall–Kier alpha value is -0.770. The van der Waals surface area contributed by atoms with Gasteiger partial charge in [0.15, 0.2) is 0 Å². The lowest BCUT2D eigenvalue weighted by Gasteiger charge is -2.06. The molecule has 1 aromatic heterocycles. The van der Waals surface area contributed by atoms with Crippen molar-refractivity contribution in [1.29, 1.82) is 0 Å². The number of benzene rings is 1. The lowest BCUT2D eigenvalue weighted by Crippen LogP contribution is -2.04. The van der Waals surface area contributed by atoms with E-state index in [1.54, 1.807) is 11.3 Å². The third-order valence-corrected chi connectivity index (χ3v) is 4.21. The van der Waals surface area contributed by atoms with Crippen LogP contribution in [0.3, 0.4) is 0 Å². The number of thioether (sulfide) groups is 1. The molecule has 16 heavy (non-hydrogen) atoms. The Balaban J connectivity index is 1.95. The number of rotatable bonds is 4. The standard InChI is InChI=1S/C13H15NS2/c1-10(14)12-2-4-13(5-3-12)16-9-11-6-7-15-8-11/h2-8,10H,9,14H2,1H3.